The minimum Gasteiger partial charge on any atom is -0.307 e. The van der Waals surface area contributed by atoms with Crippen molar-refractivity contribution in [3.05, 3.63) is 59.2 Å². The first kappa shape index (κ1) is 16.1. The number of allylic oxidation sites excluding steroid dienone is 2. The molecule has 1 aromatic carbocycles. The van der Waals surface area contributed by atoms with Crippen LogP contribution in [0.1, 0.15) is 50.1 Å². The molecule has 0 spiro atoms. The Balaban J connectivity index is 1.54. The molecule has 3 aliphatic rings. The molecule has 128 valence electrons. The van der Waals surface area contributed by atoms with Crippen LogP contribution in [0.2, 0.25) is 0 Å². The number of hydrogen-bond acceptors (Lipinski definition) is 2. The molecule has 2 unspecified atom stereocenters. The summed E-state index contributed by atoms with van der Waals surface area (Å²) in [6, 6.07) is 11.4. The van der Waals surface area contributed by atoms with E-state index in [1.54, 1.807) is 11.1 Å². The van der Waals surface area contributed by atoms with Gasteiger partial charge in [0.05, 0.1) is 6.04 Å². The van der Waals surface area contributed by atoms with Gasteiger partial charge in [0.15, 0.2) is 0 Å². The fourth-order valence-corrected chi connectivity index (χ4v) is 4.60. The molecular weight excluding hydrogens is 292 g/mol. The Kier molecular flexibility index (Phi) is 5.15. The SMILES string of the molecule is C1=C(CN2CCCCC2)C2CCCNC(c3ccccc3)C(=C1)C2. The van der Waals surface area contributed by atoms with Crippen molar-refractivity contribution in [1.82, 2.24) is 10.2 Å². The van der Waals surface area contributed by atoms with Crippen molar-refractivity contribution in [2.45, 2.75) is 44.6 Å². The zero-order valence-electron chi connectivity index (χ0n) is 14.7. The molecule has 0 aromatic heterocycles. The van der Waals surface area contributed by atoms with Crippen molar-refractivity contribution < 1.29 is 0 Å². The van der Waals surface area contributed by atoms with E-state index in [0.717, 1.165) is 12.5 Å². The third kappa shape index (κ3) is 3.65. The Bertz CT molecular complexity index is 596. The molecule has 4 rings (SSSR count). The highest BCUT2D eigenvalue weighted by atomic mass is 15.1. The average molecular weight is 322 g/mol. The van der Waals surface area contributed by atoms with Gasteiger partial charge in [0.2, 0.25) is 0 Å². The number of piperidine rings is 1. The highest BCUT2D eigenvalue weighted by Gasteiger charge is 2.27. The smallest absolute Gasteiger partial charge is 0.0539 e. The van der Waals surface area contributed by atoms with Crippen LogP contribution >= 0.6 is 0 Å². The lowest BCUT2D eigenvalue weighted by Gasteiger charge is -2.35. The lowest BCUT2D eigenvalue weighted by Crippen LogP contribution is -2.35. The molecule has 2 fully saturated rings. The molecule has 0 radical (unpaired) electrons. The Morgan fingerprint density at radius 1 is 0.958 bits per heavy atom. The van der Waals surface area contributed by atoms with E-state index in [9.17, 15) is 0 Å². The zero-order chi connectivity index (χ0) is 16.2. The molecule has 0 amide bonds. The third-order valence-corrected chi connectivity index (χ3v) is 5.95. The molecule has 2 bridgehead atoms. The van der Waals surface area contributed by atoms with Crippen LogP contribution in [-0.2, 0) is 0 Å². The van der Waals surface area contributed by atoms with Crippen LogP contribution < -0.4 is 5.32 Å². The van der Waals surface area contributed by atoms with Gasteiger partial charge in [-0.1, -0.05) is 54.5 Å². The minimum absolute atomic E-state index is 0.404. The summed E-state index contributed by atoms with van der Waals surface area (Å²) < 4.78 is 0. The summed E-state index contributed by atoms with van der Waals surface area (Å²) in [6.45, 7) is 4.94. The molecule has 2 atom stereocenters. The third-order valence-electron chi connectivity index (χ3n) is 5.95. The normalized spacial score (nSPS) is 28.5. The van der Waals surface area contributed by atoms with Gasteiger partial charge in [-0.2, -0.15) is 0 Å². The molecule has 0 saturated carbocycles. The number of rotatable bonds is 3. The van der Waals surface area contributed by atoms with Crippen LogP contribution in [-0.4, -0.2) is 31.1 Å². The van der Waals surface area contributed by atoms with Crippen molar-refractivity contribution in [1.29, 1.82) is 0 Å². The maximum Gasteiger partial charge on any atom is 0.0539 e. The van der Waals surface area contributed by atoms with E-state index in [1.807, 2.05) is 0 Å². The van der Waals surface area contributed by atoms with Crippen LogP contribution in [0.4, 0.5) is 0 Å². The number of nitrogens with one attached hydrogen (secondary N) is 1. The molecule has 2 aliphatic heterocycles. The van der Waals surface area contributed by atoms with E-state index in [0.29, 0.717) is 6.04 Å². The fraction of sp³-hybridized carbons (Fsp3) is 0.545. The van der Waals surface area contributed by atoms with Gasteiger partial charge < -0.3 is 5.32 Å². The quantitative estimate of drug-likeness (QED) is 0.883. The first-order valence-electron chi connectivity index (χ1n) is 9.80. The molecule has 2 nitrogen and oxygen atoms in total. The Labute approximate surface area is 146 Å². The minimum atomic E-state index is 0.404. The summed E-state index contributed by atoms with van der Waals surface area (Å²) in [4.78, 5) is 2.68. The number of nitrogens with zero attached hydrogens (tertiary/aromatic N) is 1. The number of benzene rings is 1. The van der Waals surface area contributed by atoms with Crippen LogP contribution in [0.15, 0.2) is 53.6 Å². The van der Waals surface area contributed by atoms with Gasteiger partial charge in [0, 0.05) is 6.54 Å². The first-order valence-corrected chi connectivity index (χ1v) is 9.80. The molecular formula is C22H30N2. The van der Waals surface area contributed by atoms with Crippen LogP contribution in [0.5, 0.6) is 0 Å². The van der Waals surface area contributed by atoms with Gasteiger partial charge in [-0.05, 0) is 68.8 Å². The first-order chi connectivity index (χ1) is 11.9. The van der Waals surface area contributed by atoms with Crippen LogP contribution in [0.3, 0.4) is 0 Å². The average Bonchev–Trinajstić information content (AvgIpc) is 2.63. The van der Waals surface area contributed by atoms with Gasteiger partial charge in [0.1, 0.15) is 0 Å². The summed E-state index contributed by atoms with van der Waals surface area (Å²) in [5, 5.41) is 3.78. The Hall–Kier alpha value is -1.38. The van der Waals surface area contributed by atoms with Crippen LogP contribution in [0, 0.1) is 5.92 Å². The summed E-state index contributed by atoms with van der Waals surface area (Å²) in [6.07, 6.45) is 13.0. The number of hydrogen-bond donors (Lipinski definition) is 1. The monoisotopic (exact) mass is 322 g/mol. The zero-order valence-corrected chi connectivity index (χ0v) is 14.7. The predicted octanol–water partition coefficient (Wildman–Crippen LogP) is 4.47. The summed E-state index contributed by atoms with van der Waals surface area (Å²) in [7, 11) is 0. The van der Waals surface area contributed by atoms with Gasteiger partial charge >= 0.3 is 0 Å². The van der Waals surface area contributed by atoms with Crippen molar-refractivity contribution in [2.75, 3.05) is 26.2 Å². The van der Waals surface area contributed by atoms with Crippen LogP contribution in [0.25, 0.3) is 0 Å². The maximum atomic E-state index is 3.78. The summed E-state index contributed by atoms with van der Waals surface area (Å²) in [5.41, 5.74) is 4.68. The van der Waals surface area contributed by atoms with E-state index in [4.69, 9.17) is 0 Å². The topological polar surface area (TPSA) is 15.3 Å². The molecule has 1 aliphatic carbocycles. The molecule has 2 heterocycles. The maximum absolute atomic E-state index is 3.78. The van der Waals surface area contributed by atoms with Crippen molar-refractivity contribution in [3.63, 3.8) is 0 Å². The molecule has 2 heteroatoms. The lowest BCUT2D eigenvalue weighted by molar-refractivity contribution is 0.237. The Morgan fingerprint density at radius 3 is 2.62 bits per heavy atom. The van der Waals surface area contributed by atoms with E-state index >= 15 is 0 Å². The highest BCUT2D eigenvalue weighted by Crippen LogP contribution is 2.37. The standard InChI is InChI=1S/C22H30N2/c1-3-8-18(9-4-1)22-20-11-12-21(17-24-14-5-2-6-15-24)19(16-20)10-7-13-23-22/h1,3-4,8-9,11-12,19,22-23H,2,5-7,10,13-17H2. The van der Waals surface area contributed by atoms with E-state index < -0.39 is 0 Å². The van der Waals surface area contributed by atoms with E-state index in [1.165, 1.54) is 63.7 Å². The highest BCUT2D eigenvalue weighted by molar-refractivity contribution is 5.36. The second kappa shape index (κ2) is 7.67. The Morgan fingerprint density at radius 2 is 1.79 bits per heavy atom. The summed E-state index contributed by atoms with van der Waals surface area (Å²) in [5.74, 6) is 0.764. The fourth-order valence-electron chi connectivity index (χ4n) is 4.60. The second-order valence-electron chi connectivity index (χ2n) is 7.66. The molecule has 1 N–H and O–H groups in total. The van der Waals surface area contributed by atoms with Crippen molar-refractivity contribution >= 4 is 0 Å². The van der Waals surface area contributed by atoms with E-state index in [-0.39, 0.29) is 0 Å². The second-order valence-corrected chi connectivity index (χ2v) is 7.66. The molecule has 1 aromatic rings. The van der Waals surface area contributed by atoms with Gasteiger partial charge in [-0.15, -0.1) is 0 Å². The van der Waals surface area contributed by atoms with Crippen molar-refractivity contribution in [2.24, 2.45) is 5.92 Å². The number of likely N-dealkylation sites (tertiary alicyclic amines) is 1. The van der Waals surface area contributed by atoms with E-state index in [2.05, 4.69) is 52.7 Å². The molecule has 2 saturated heterocycles. The van der Waals surface area contributed by atoms with Crippen molar-refractivity contribution in [3.8, 4) is 0 Å². The molecule has 24 heavy (non-hydrogen) atoms. The lowest BCUT2D eigenvalue weighted by atomic mass is 9.79. The van der Waals surface area contributed by atoms with Gasteiger partial charge in [-0.3, -0.25) is 4.90 Å². The summed E-state index contributed by atoms with van der Waals surface area (Å²) >= 11 is 0. The van der Waals surface area contributed by atoms with Gasteiger partial charge in [0.25, 0.3) is 0 Å². The predicted molar refractivity (Wildman–Crippen MR) is 101 cm³/mol. The van der Waals surface area contributed by atoms with Gasteiger partial charge in [-0.25, -0.2) is 0 Å². The largest absolute Gasteiger partial charge is 0.307 e. The number of fused-ring (bicyclic) bond motifs is 2.